The lowest BCUT2D eigenvalue weighted by Crippen LogP contribution is -1.95. The molecule has 0 aliphatic rings. The molecule has 16 heavy (non-hydrogen) atoms. The number of hydrogen-bond donors (Lipinski definition) is 0. The van der Waals surface area contributed by atoms with Gasteiger partial charge >= 0.3 is 0 Å². The molecule has 2 heterocycles. The van der Waals surface area contributed by atoms with Crippen molar-refractivity contribution >= 4 is 23.4 Å². The first-order chi connectivity index (χ1) is 7.56. The second-order valence-corrected chi connectivity index (χ2v) is 4.49. The summed E-state index contributed by atoms with van der Waals surface area (Å²) in [5.41, 5.74) is 0.866. The molecular weight excluding hydrogens is 251 g/mol. The van der Waals surface area contributed by atoms with Crippen LogP contribution in [0.1, 0.15) is 5.69 Å². The van der Waals surface area contributed by atoms with Crippen LogP contribution in [0.5, 0.6) is 0 Å². The van der Waals surface area contributed by atoms with Crippen molar-refractivity contribution in [2.75, 3.05) is 0 Å². The van der Waals surface area contributed by atoms with Gasteiger partial charge in [0.1, 0.15) is 10.1 Å². The molecular formula is C9H8ClFN4S. The number of nitrogens with zero attached hydrogens (tertiary/aromatic N) is 4. The lowest BCUT2D eigenvalue weighted by molar-refractivity contribution is 0.578. The van der Waals surface area contributed by atoms with Crippen LogP contribution in [0.2, 0.25) is 5.28 Å². The van der Waals surface area contributed by atoms with Crippen molar-refractivity contribution in [1.82, 2.24) is 19.7 Å². The standard InChI is InChI=1S/C9H8ClFN4S/c1-5-3-7(15(2)14-5)16-8-6(11)4-12-9(10)13-8/h3-4H,1-2H3. The van der Waals surface area contributed by atoms with Gasteiger partial charge in [0.2, 0.25) is 5.28 Å². The lowest BCUT2D eigenvalue weighted by Gasteiger charge is -2.01. The first-order valence-corrected chi connectivity index (χ1v) is 5.62. The van der Waals surface area contributed by atoms with Gasteiger partial charge in [-0.05, 0) is 36.4 Å². The summed E-state index contributed by atoms with van der Waals surface area (Å²) < 4.78 is 15.0. The summed E-state index contributed by atoms with van der Waals surface area (Å²) in [7, 11) is 1.79. The van der Waals surface area contributed by atoms with Gasteiger partial charge in [0.05, 0.1) is 11.9 Å². The van der Waals surface area contributed by atoms with Gasteiger partial charge in [-0.15, -0.1) is 0 Å². The zero-order chi connectivity index (χ0) is 11.7. The van der Waals surface area contributed by atoms with E-state index in [9.17, 15) is 4.39 Å². The van der Waals surface area contributed by atoms with Crippen LogP contribution in [0.25, 0.3) is 0 Å². The van der Waals surface area contributed by atoms with Gasteiger partial charge in [-0.3, -0.25) is 4.68 Å². The minimum Gasteiger partial charge on any atom is -0.261 e. The Labute approximate surface area is 101 Å². The highest BCUT2D eigenvalue weighted by Crippen LogP contribution is 2.28. The normalized spacial score (nSPS) is 10.8. The van der Waals surface area contributed by atoms with E-state index in [4.69, 9.17) is 11.6 Å². The average Bonchev–Trinajstić information content (AvgIpc) is 2.51. The summed E-state index contributed by atoms with van der Waals surface area (Å²) in [6.45, 7) is 1.87. The minimum atomic E-state index is -0.492. The van der Waals surface area contributed by atoms with Gasteiger partial charge < -0.3 is 0 Å². The lowest BCUT2D eigenvalue weighted by atomic mass is 10.5. The van der Waals surface area contributed by atoms with Gasteiger partial charge in [0, 0.05) is 7.05 Å². The van der Waals surface area contributed by atoms with Crippen molar-refractivity contribution in [3.05, 3.63) is 29.1 Å². The Morgan fingerprint density at radius 1 is 1.50 bits per heavy atom. The Morgan fingerprint density at radius 3 is 2.88 bits per heavy atom. The number of aromatic nitrogens is 4. The van der Waals surface area contributed by atoms with Gasteiger partial charge in [0.15, 0.2) is 5.82 Å². The van der Waals surface area contributed by atoms with Gasteiger partial charge in [-0.25, -0.2) is 14.4 Å². The Hall–Kier alpha value is -1.14. The van der Waals surface area contributed by atoms with Crippen LogP contribution in [0.3, 0.4) is 0 Å². The van der Waals surface area contributed by atoms with Crippen LogP contribution in [0.15, 0.2) is 22.3 Å². The van der Waals surface area contributed by atoms with Crippen molar-refractivity contribution in [2.24, 2.45) is 7.05 Å². The summed E-state index contributed by atoms with van der Waals surface area (Å²) in [5, 5.41) is 5.18. The fourth-order valence-corrected chi connectivity index (χ4v) is 2.25. The topological polar surface area (TPSA) is 43.6 Å². The molecule has 2 rings (SSSR count). The Morgan fingerprint density at radius 2 is 2.25 bits per heavy atom. The van der Waals surface area contributed by atoms with Crippen LogP contribution < -0.4 is 0 Å². The van der Waals surface area contributed by atoms with E-state index < -0.39 is 5.82 Å². The molecule has 0 saturated carbocycles. The molecule has 0 saturated heterocycles. The van der Waals surface area contributed by atoms with E-state index in [1.807, 2.05) is 13.0 Å². The van der Waals surface area contributed by atoms with E-state index in [1.54, 1.807) is 11.7 Å². The largest absolute Gasteiger partial charge is 0.261 e. The molecule has 0 spiro atoms. The molecule has 2 aromatic heterocycles. The Bertz CT molecular complexity index is 528. The monoisotopic (exact) mass is 258 g/mol. The molecule has 7 heteroatoms. The fourth-order valence-electron chi connectivity index (χ4n) is 1.18. The van der Waals surface area contributed by atoms with E-state index in [2.05, 4.69) is 15.1 Å². The molecule has 0 unspecified atom stereocenters. The van der Waals surface area contributed by atoms with Crippen molar-refractivity contribution in [1.29, 1.82) is 0 Å². The predicted molar refractivity (Wildman–Crippen MR) is 59.1 cm³/mol. The Kier molecular flexibility index (Phi) is 3.11. The maximum atomic E-state index is 13.4. The van der Waals surface area contributed by atoms with E-state index in [-0.39, 0.29) is 10.3 Å². The van der Waals surface area contributed by atoms with Crippen LogP contribution in [-0.2, 0) is 7.05 Å². The maximum Gasteiger partial charge on any atom is 0.223 e. The average molecular weight is 259 g/mol. The molecule has 0 aliphatic heterocycles. The first kappa shape index (κ1) is 11.3. The fraction of sp³-hybridized carbons (Fsp3) is 0.222. The molecule has 84 valence electrons. The Balaban J connectivity index is 2.33. The highest BCUT2D eigenvalue weighted by atomic mass is 35.5. The highest BCUT2D eigenvalue weighted by Gasteiger charge is 2.11. The van der Waals surface area contributed by atoms with E-state index >= 15 is 0 Å². The summed E-state index contributed by atoms with van der Waals surface area (Å²) >= 11 is 6.77. The summed E-state index contributed by atoms with van der Waals surface area (Å²) in [4.78, 5) is 7.37. The van der Waals surface area contributed by atoms with Crippen molar-refractivity contribution in [3.63, 3.8) is 0 Å². The summed E-state index contributed by atoms with van der Waals surface area (Å²) in [5.74, 6) is -0.492. The maximum absolute atomic E-state index is 13.4. The zero-order valence-electron chi connectivity index (χ0n) is 8.61. The van der Waals surface area contributed by atoms with Gasteiger partial charge in [-0.2, -0.15) is 5.10 Å². The number of aryl methyl sites for hydroxylation is 2. The number of halogens is 2. The second-order valence-electron chi connectivity index (χ2n) is 3.14. The quantitative estimate of drug-likeness (QED) is 0.613. The third-order valence-corrected chi connectivity index (χ3v) is 3.10. The van der Waals surface area contributed by atoms with E-state index in [0.717, 1.165) is 16.9 Å². The molecule has 0 atom stereocenters. The molecule has 0 amide bonds. The first-order valence-electron chi connectivity index (χ1n) is 4.43. The summed E-state index contributed by atoms with van der Waals surface area (Å²) in [6, 6.07) is 1.85. The van der Waals surface area contributed by atoms with Gasteiger partial charge in [-0.1, -0.05) is 0 Å². The molecule has 0 N–H and O–H groups in total. The zero-order valence-corrected chi connectivity index (χ0v) is 10.2. The molecule has 0 fully saturated rings. The molecule has 0 aliphatic carbocycles. The van der Waals surface area contributed by atoms with Crippen LogP contribution in [0, 0.1) is 12.7 Å². The van der Waals surface area contributed by atoms with Crippen molar-refractivity contribution in [2.45, 2.75) is 17.0 Å². The smallest absolute Gasteiger partial charge is 0.223 e. The third kappa shape index (κ3) is 2.33. The van der Waals surface area contributed by atoms with E-state index in [1.165, 1.54) is 11.8 Å². The van der Waals surface area contributed by atoms with Crippen LogP contribution in [-0.4, -0.2) is 19.7 Å². The number of hydrogen-bond acceptors (Lipinski definition) is 4. The molecule has 4 nitrogen and oxygen atoms in total. The van der Waals surface area contributed by atoms with Crippen molar-refractivity contribution < 1.29 is 4.39 Å². The van der Waals surface area contributed by atoms with Gasteiger partial charge in [0.25, 0.3) is 0 Å². The van der Waals surface area contributed by atoms with E-state index in [0.29, 0.717) is 0 Å². The third-order valence-electron chi connectivity index (χ3n) is 1.84. The SMILES string of the molecule is Cc1cc(Sc2nc(Cl)ncc2F)n(C)n1. The molecule has 0 aromatic carbocycles. The predicted octanol–water partition coefficient (Wildman–Crippen LogP) is 2.46. The highest BCUT2D eigenvalue weighted by molar-refractivity contribution is 7.99. The number of rotatable bonds is 2. The molecule has 2 aromatic rings. The molecule has 0 radical (unpaired) electrons. The van der Waals surface area contributed by atoms with Crippen LogP contribution in [0.4, 0.5) is 4.39 Å². The molecule has 0 bridgehead atoms. The van der Waals surface area contributed by atoms with Crippen molar-refractivity contribution in [3.8, 4) is 0 Å². The summed E-state index contributed by atoms with van der Waals surface area (Å²) in [6.07, 6.45) is 1.06. The van der Waals surface area contributed by atoms with Crippen LogP contribution >= 0.6 is 23.4 Å². The second kappa shape index (κ2) is 4.39. The minimum absolute atomic E-state index is 0.0304.